The first-order valence-corrected chi connectivity index (χ1v) is 10.6. The van der Waals surface area contributed by atoms with E-state index in [2.05, 4.69) is 15.3 Å². The second-order valence-electron chi connectivity index (χ2n) is 6.76. The van der Waals surface area contributed by atoms with E-state index in [4.69, 9.17) is 16.0 Å². The van der Waals surface area contributed by atoms with Gasteiger partial charge in [-0.1, -0.05) is 29.8 Å². The van der Waals surface area contributed by atoms with Crippen LogP contribution in [0.3, 0.4) is 0 Å². The maximum Gasteiger partial charge on any atom is 0.335 e. The first-order chi connectivity index (χ1) is 15.5. The van der Waals surface area contributed by atoms with Crippen LogP contribution < -0.4 is 10.2 Å². The number of para-hydroxylation sites is 2. The van der Waals surface area contributed by atoms with Crippen molar-refractivity contribution in [3.8, 4) is 0 Å². The van der Waals surface area contributed by atoms with Crippen LogP contribution in [0.15, 0.2) is 80.9 Å². The number of halogens is 1. The molecule has 0 spiro atoms. The Labute approximate surface area is 190 Å². The molecule has 32 heavy (non-hydrogen) atoms. The fourth-order valence-corrected chi connectivity index (χ4v) is 4.14. The molecule has 1 fully saturated rings. The van der Waals surface area contributed by atoms with Crippen LogP contribution in [-0.4, -0.2) is 27.8 Å². The number of anilines is 1. The van der Waals surface area contributed by atoms with E-state index in [0.717, 1.165) is 15.9 Å². The van der Waals surface area contributed by atoms with Crippen molar-refractivity contribution in [1.29, 1.82) is 0 Å². The smallest absolute Gasteiger partial charge is 0.335 e. The van der Waals surface area contributed by atoms with Crippen LogP contribution in [0, 0.1) is 0 Å². The number of aromatic amines is 1. The summed E-state index contributed by atoms with van der Waals surface area (Å²) in [6.07, 6.45) is 1.30. The van der Waals surface area contributed by atoms with Crippen molar-refractivity contribution in [2.24, 2.45) is 0 Å². The molecule has 0 saturated carbocycles. The number of hydrogen-bond acceptors (Lipinski definition) is 6. The zero-order valence-corrected chi connectivity index (χ0v) is 17.7. The molecule has 0 radical (unpaired) electrons. The summed E-state index contributed by atoms with van der Waals surface area (Å²) >= 11 is 7.24. The minimum Gasteiger partial charge on any atom is -0.450 e. The van der Waals surface area contributed by atoms with Gasteiger partial charge < -0.3 is 9.40 Å². The maximum absolute atomic E-state index is 12.9. The van der Waals surface area contributed by atoms with Crippen LogP contribution in [0.2, 0.25) is 5.02 Å². The van der Waals surface area contributed by atoms with Gasteiger partial charge in [0.15, 0.2) is 10.2 Å². The molecule has 2 N–H and O–H groups in total. The zero-order valence-electron chi connectivity index (χ0n) is 16.2. The van der Waals surface area contributed by atoms with Gasteiger partial charge in [0.1, 0.15) is 11.3 Å². The van der Waals surface area contributed by atoms with Gasteiger partial charge in [-0.25, -0.2) is 14.7 Å². The van der Waals surface area contributed by atoms with Crippen molar-refractivity contribution in [3.63, 3.8) is 0 Å². The number of H-pyrrole nitrogens is 1. The SMILES string of the molecule is O=C1NC(=O)N(c2cccc(Cl)c2)C(=O)/C1=C/c1ccc(Sc2nc3ccccc3[nH]2)o1. The average Bonchev–Trinajstić information content (AvgIpc) is 3.37. The van der Waals surface area contributed by atoms with Gasteiger partial charge in [-0.3, -0.25) is 14.9 Å². The Kier molecular flexibility index (Phi) is 5.04. The number of imidazole rings is 1. The summed E-state index contributed by atoms with van der Waals surface area (Å²) in [7, 11) is 0. The van der Waals surface area contributed by atoms with Gasteiger partial charge in [0.2, 0.25) is 0 Å². The summed E-state index contributed by atoms with van der Waals surface area (Å²) < 4.78 is 5.74. The van der Waals surface area contributed by atoms with Crippen molar-refractivity contribution in [2.45, 2.75) is 10.2 Å². The molecule has 2 aromatic carbocycles. The molecule has 1 saturated heterocycles. The molecule has 2 aromatic heterocycles. The Morgan fingerprint density at radius 3 is 2.69 bits per heavy atom. The van der Waals surface area contributed by atoms with E-state index in [-0.39, 0.29) is 17.0 Å². The molecule has 10 heteroatoms. The van der Waals surface area contributed by atoms with E-state index in [0.29, 0.717) is 15.3 Å². The molecule has 8 nitrogen and oxygen atoms in total. The number of fused-ring (bicyclic) bond motifs is 1. The molecule has 0 unspecified atom stereocenters. The number of furan rings is 1. The maximum atomic E-state index is 12.9. The normalized spacial score (nSPS) is 15.6. The summed E-state index contributed by atoms with van der Waals surface area (Å²) in [6.45, 7) is 0. The van der Waals surface area contributed by atoms with Gasteiger partial charge in [-0.05, 0) is 60.3 Å². The fourth-order valence-electron chi connectivity index (χ4n) is 3.19. The molecule has 3 heterocycles. The van der Waals surface area contributed by atoms with E-state index in [1.54, 1.807) is 30.3 Å². The van der Waals surface area contributed by atoms with E-state index >= 15 is 0 Å². The largest absolute Gasteiger partial charge is 0.450 e. The molecule has 1 aliphatic rings. The number of aromatic nitrogens is 2. The minimum atomic E-state index is -0.847. The standard InChI is InChI=1S/C22H13ClN4O4S/c23-12-4-3-5-13(10-12)27-20(29)15(19(28)26-22(27)30)11-14-8-9-18(31-14)32-21-24-16-6-1-2-7-17(16)25-21/h1-11H,(H,24,25)(H,26,28,30)/b15-11+. The van der Waals surface area contributed by atoms with Crippen molar-refractivity contribution in [1.82, 2.24) is 15.3 Å². The quantitative estimate of drug-likeness (QED) is 0.337. The van der Waals surface area contributed by atoms with Crippen LogP contribution in [0.5, 0.6) is 0 Å². The number of benzene rings is 2. The van der Waals surface area contributed by atoms with Gasteiger partial charge in [-0.15, -0.1) is 0 Å². The Morgan fingerprint density at radius 1 is 1.03 bits per heavy atom. The predicted molar refractivity (Wildman–Crippen MR) is 119 cm³/mol. The van der Waals surface area contributed by atoms with E-state index < -0.39 is 17.8 Å². The summed E-state index contributed by atoms with van der Waals surface area (Å²) in [5, 5.41) is 3.67. The Balaban J connectivity index is 1.41. The molecule has 0 bridgehead atoms. The number of imide groups is 2. The second kappa shape index (κ2) is 8.03. The highest BCUT2D eigenvalue weighted by atomic mass is 35.5. The van der Waals surface area contributed by atoms with E-state index in [1.807, 2.05) is 24.3 Å². The number of nitrogens with zero attached hydrogens (tertiary/aromatic N) is 2. The lowest BCUT2D eigenvalue weighted by molar-refractivity contribution is -0.122. The van der Waals surface area contributed by atoms with Gasteiger partial charge in [0.05, 0.1) is 16.7 Å². The van der Waals surface area contributed by atoms with Crippen molar-refractivity contribution in [3.05, 3.63) is 77.0 Å². The monoisotopic (exact) mass is 464 g/mol. The van der Waals surface area contributed by atoms with Gasteiger partial charge >= 0.3 is 6.03 Å². The highest BCUT2D eigenvalue weighted by molar-refractivity contribution is 7.99. The lowest BCUT2D eigenvalue weighted by Gasteiger charge is -2.26. The fraction of sp³-hybridized carbons (Fsp3) is 0. The van der Waals surface area contributed by atoms with E-state index in [1.165, 1.54) is 23.9 Å². The second-order valence-corrected chi connectivity index (χ2v) is 8.19. The Bertz CT molecular complexity index is 1390. The third-order valence-electron chi connectivity index (χ3n) is 4.62. The lowest BCUT2D eigenvalue weighted by atomic mass is 10.1. The number of carbonyl (C=O) groups is 3. The highest BCUT2D eigenvalue weighted by Crippen LogP contribution is 2.30. The summed E-state index contributed by atoms with van der Waals surface area (Å²) in [5.74, 6) is -1.30. The number of nitrogens with one attached hydrogen (secondary N) is 2. The first-order valence-electron chi connectivity index (χ1n) is 9.37. The Morgan fingerprint density at radius 2 is 1.88 bits per heavy atom. The average molecular weight is 465 g/mol. The zero-order chi connectivity index (χ0) is 22.2. The number of urea groups is 1. The third kappa shape index (κ3) is 3.79. The summed E-state index contributed by atoms with van der Waals surface area (Å²) in [5.41, 5.74) is 1.75. The van der Waals surface area contributed by atoms with Crippen LogP contribution >= 0.6 is 23.4 Å². The Hall–Kier alpha value is -3.82. The van der Waals surface area contributed by atoms with Crippen LogP contribution in [0.25, 0.3) is 17.1 Å². The number of hydrogen-bond donors (Lipinski definition) is 2. The number of amides is 4. The van der Waals surface area contributed by atoms with Gasteiger partial charge in [0.25, 0.3) is 11.8 Å². The van der Waals surface area contributed by atoms with Crippen LogP contribution in [0.4, 0.5) is 10.5 Å². The topological polar surface area (TPSA) is 108 Å². The molecule has 4 amide bonds. The van der Waals surface area contributed by atoms with Crippen molar-refractivity contribution in [2.75, 3.05) is 4.90 Å². The molecule has 5 rings (SSSR count). The van der Waals surface area contributed by atoms with Crippen LogP contribution in [-0.2, 0) is 9.59 Å². The van der Waals surface area contributed by atoms with Gasteiger partial charge in [0, 0.05) is 5.02 Å². The summed E-state index contributed by atoms with van der Waals surface area (Å²) in [6, 6.07) is 16.3. The third-order valence-corrected chi connectivity index (χ3v) is 5.66. The molecule has 0 atom stereocenters. The molecule has 158 valence electrons. The molecule has 0 aliphatic carbocycles. The van der Waals surface area contributed by atoms with Crippen LogP contribution in [0.1, 0.15) is 5.76 Å². The minimum absolute atomic E-state index is 0.237. The lowest BCUT2D eigenvalue weighted by Crippen LogP contribution is -2.54. The number of barbiturate groups is 1. The van der Waals surface area contributed by atoms with Crippen molar-refractivity contribution >= 4 is 64.0 Å². The van der Waals surface area contributed by atoms with E-state index in [9.17, 15) is 14.4 Å². The highest BCUT2D eigenvalue weighted by Gasteiger charge is 2.37. The van der Waals surface area contributed by atoms with Gasteiger partial charge in [-0.2, -0.15) is 0 Å². The predicted octanol–water partition coefficient (Wildman–Crippen LogP) is 4.63. The number of carbonyl (C=O) groups excluding carboxylic acids is 3. The van der Waals surface area contributed by atoms with Crippen molar-refractivity contribution < 1.29 is 18.8 Å². The summed E-state index contributed by atoms with van der Waals surface area (Å²) in [4.78, 5) is 46.0. The molecular formula is C22H13ClN4O4S. The first kappa shape index (κ1) is 20.1. The molecule has 1 aliphatic heterocycles. The molecular weight excluding hydrogens is 452 g/mol. The number of rotatable bonds is 4. The molecule has 4 aromatic rings.